The minimum absolute atomic E-state index is 0.260. The SMILES string of the molecule is O=C(O)c1ccc(-c2nc(CCCCI)cnc2-c2ccc3c(c2)CCO3)cc1. The van der Waals surface area contributed by atoms with Gasteiger partial charge < -0.3 is 9.84 Å². The lowest BCUT2D eigenvalue weighted by molar-refractivity contribution is 0.0697. The molecular formula is C23H21IN2O3. The lowest BCUT2D eigenvalue weighted by atomic mass is 10.00. The number of unbranched alkanes of at least 4 members (excludes halogenated alkanes) is 1. The summed E-state index contributed by atoms with van der Waals surface area (Å²) in [6.45, 7) is 0.712. The van der Waals surface area contributed by atoms with Crippen LogP contribution in [-0.2, 0) is 12.8 Å². The van der Waals surface area contributed by atoms with E-state index >= 15 is 0 Å². The average molecular weight is 500 g/mol. The zero-order valence-corrected chi connectivity index (χ0v) is 18.1. The molecule has 0 radical (unpaired) electrons. The van der Waals surface area contributed by atoms with Gasteiger partial charge in [0.15, 0.2) is 0 Å². The van der Waals surface area contributed by atoms with Gasteiger partial charge in [0.2, 0.25) is 0 Å². The van der Waals surface area contributed by atoms with Gasteiger partial charge in [0.1, 0.15) is 5.75 Å². The number of nitrogens with zero attached hydrogens (tertiary/aromatic N) is 2. The third-order valence-electron chi connectivity index (χ3n) is 5.01. The molecule has 0 saturated heterocycles. The first kappa shape index (κ1) is 19.8. The van der Waals surface area contributed by atoms with Crippen molar-refractivity contribution >= 4 is 28.6 Å². The van der Waals surface area contributed by atoms with Crippen molar-refractivity contribution in [3.63, 3.8) is 0 Å². The number of aryl methyl sites for hydroxylation is 1. The third kappa shape index (κ3) is 4.42. The van der Waals surface area contributed by atoms with Crippen LogP contribution in [0.1, 0.15) is 34.5 Å². The first-order valence-electron chi connectivity index (χ1n) is 9.67. The highest BCUT2D eigenvalue weighted by molar-refractivity contribution is 14.1. The quantitative estimate of drug-likeness (QED) is 0.274. The number of hydrogen-bond acceptors (Lipinski definition) is 4. The molecule has 148 valence electrons. The summed E-state index contributed by atoms with van der Waals surface area (Å²) in [5.41, 5.74) is 5.86. The van der Waals surface area contributed by atoms with E-state index in [2.05, 4.69) is 28.7 Å². The van der Waals surface area contributed by atoms with E-state index in [4.69, 9.17) is 14.7 Å². The number of carboxylic acids is 1. The van der Waals surface area contributed by atoms with Gasteiger partial charge in [-0.3, -0.25) is 4.98 Å². The van der Waals surface area contributed by atoms with Gasteiger partial charge in [-0.25, -0.2) is 9.78 Å². The number of hydrogen-bond donors (Lipinski definition) is 1. The monoisotopic (exact) mass is 500 g/mol. The normalized spacial score (nSPS) is 12.4. The van der Waals surface area contributed by atoms with E-state index in [9.17, 15) is 9.90 Å². The average Bonchev–Trinajstić information content (AvgIpc) is 3.22. The summed E-state index contributed by atoms with van der Waals surface area (Å²) < 4.78 is 6.75. The van der Waals surface area contributed by atoms with Crippen LogP contribution in [0.25, 0.3) is 22.5 Å². The summed E-state index contributed by atoms with van der Waals surface area (Å²) in [4.78, 5) is 20.9. The molecule has 2 aromatic carbocycles. The number of fused-ring (bicyclic) bond motifs is 1. The summed E-state index contributed by atoms with van der Waals surface area (Å²) in [7, 11) is 0. The fourth-order valence-electron chi connectivity index (χ4n) is 3.46. The Kier molecular flexibility index (Phi) is 6.08. The van der Waals surface area contributed by atoms with Gasteiger partial charge in [-0.2, -0.15) is 0 Å². The maximum absolute atomic E-state index is 11.2. The van der Waals surface area contributed by atoms with Crippen LogP contribution in [0, 0.1) is 0 Å². The molecule has 0 bridgehead atoms. The summed E-state index contributed by atoms with van der Waals surface area (Å²) >= 11 is 2.39. The number of halogens is 1. The van der Waals surface area contributed by atoms with Crippen LogP contribution >= 0.6 is 22.6 Å². The van der Waals surface area contributed by atoms with Crippen molar-refractivity contribution in [2.45, 2.75) is 25.7 Å². The van der Waals surface area contributed by atoms with E-state index in [1.54, 1.807) is 12.1 Å². The van der Waals surface area contributed by atoms with Crippen LogP contribution in [0.15, 0.2) is 48.7 Å². The Morgan fingerprint density at radius 3 is 2.62 bits per heavy atom. The molecule has 1 aromatic heterocycles. The van der Waals surface area contributed by atoms with E-state index in [1.807, 2.05) is 30.5 Å². The molecule has 2 heterocycles. The second kappa shape index (κ2) is 8.90. The number of aromatic nitrogens is 2. The number of alkyl halides is 1. The molecule has 0 spiro atoms. The number of aromatic carboxylic acids is 1. The van der Waals surface area contributed by atoms with Gasteiger partial charge in [-0.05, 0) is 59.6 Å². The van der Waals surface area contributed by atoms with Crippen molar-refractivity contribution in [1.82, 2.24) is 9.97 Å². The van der Waals surface area contributed by atoms with Crippen LogP contribution in [0.2, 0.25) is 0 Å². The molecular weight excluding hydrogens is 479 g/mol. The standard InChI is InChI=1S/C23H21IN2O3/c24-11-2-1-3-19-14-25-21(18-8-9-20-17(13-18)10-12-29-20)22(26-19)15-4-6-16(7-5-15)23(27)28/h4-9,13-14H,1-3,10-12H2,(H,27,28). The van der Waals surface area contributed by atoms with Crippen molar-refractivity contribution in [2.24, 2.45) is 0 Å². The second-order valence-corrected chi connectivity index (χ2v) is 8.09. The zero-order valence-electron chi connectivity index (χ0n) is 15.9. The van der Waals surface area contributed by atoms with E-state index in [-0.39, 0.29) is 5.56 Å². The van der Waals surface area contributed by atoms with Crippen molar-refractivity contribution in [3.8, 4) is 28.3 Å². The molecule has 0 fully saturated rings. The first-order valence-corrected chi connectivity index (χ1v) is 11.2. The molecule has 3 aromatic rings. The highest BCUT2D eigenvalue weighted by atomic mass is 127. The predicted octanol–water partition coefficient (Wildman–Crippen LogP) is 5.20. The fourth-order valence-corrected chi connectivity index (χ4v) is 4.00. The molecule has 1 aliphatic heterocycles. The maximum atomic E-state index is 11.2. The Morgan fingerprint density at radius 1 is 1.07 bits per heavy atom. The topological polar surface area (TPSA) is 72.3 Å². The van der Waals surface area contributed by atoms with Gasteiger partial charge in [0.05, 0.1) is 29.3 Å². The molecule has 1 N–H and O–H groups in total. The van der Waals surface area contributed by atoms with Crippen molar-refractivity contribution in [3.05, 3.63) is 65.5 Å². The molecule has 0 amide bonds. The molecule has 0 atom stereocenters. The highest BCUT2D eigenvalue weighted by Gasteiger charge is 2.17. The Labute approximate surface area is 183 Å². The van der Waals surface area contributed by atoms with Crippen LogP contribution < -0.4 is 4.74 Å². The lowest BCUT2D eigenvalue weighted by Gasteiger charge is -2.12. The van der Waals surface area contributed by atoms with Gasteiger partial charge >= 0.3 is 5.97 Å². The second-order valence-electron chi connectivity index (χ2n) is 7.01. The Bertz CT molecular complexity index is 1030. The van der Waals surface area contributed by atoms with Crippen molar-refractivity contribution in [1.29, 1.82) is 0 Å². The minimum atomic E-state index is -0.936. The molecule has 0 saturated carbocycles. The van der Waals surface area contributed by atoms with E-state index in [0.717, 1.165) is 64.1 Å². The molecule has 6 heteroatoms. The first-order chi connectivity index (χ1) is 14.2. The molecule has 4 rings (SSSR count). The fraction of sp³-hybridized carbons (Fsp3) is 0.261. The lowest BCUT2D eigenvalue weighted by Crippen LogP contribution is -2.00. The summed E-state index contributed by atoms with van der Waals surface area (Å²) in [5, 5.41) is 9.19. The molecule has 1 aliphatic rings. The smallest absolute Gasteiger partial charge is 0.335 e. The Morgan fingerprint density at radius 2 is 1.86 bits per heavy atom. The summed E-state index contributed by atoms with van der Waals surface area (Å²) in [5.74, 6) is -0.00137. The highest BCUT2D eigenvalue weighted by Crippen LogP contribution is 2.34. The van der Waals surface area contributed by atoms with E-state index in [0.29, 0.717) is 6.61 Å². The Hall–Kier alpha value is -2.48. The molecule has 0 unspecified atom stereocenters. The van der Waals surface area contributed by atoms with Crippen LogP contribution in [-0.4, -0.2) is 32.1 Å². The predicted molar refractivity (Wildman–Crippen MR) is 121 cm³/mol. The zero-order chi connectivity index (χ0) is 20.2. The number of carboxylic acid groups (broad SMARTS) is 1. The van der Waals surface area contributed by atoms with Gasteiger partial charge in [0, 0.05) is 23.7 Å². The number of benzene rings is 2. The number of carbonyl (C=O) groups is 1. The summed E-state index contributed by atoms with van der Waals surface area (Å²) in [6, 6.07) is 13.0. The van der Waals surface area contributed by atoms with Crippen molar-refractivity contribution in [2.75, 3.05) is 11.0 Å². The maximum Gasteiger partial charge on any atom is 0.335 e. The molecule has 0 aliphatic carbocycles. The molecule has 5 nitrogen and oxygen atoms in total. The van der Waals surface area contributed by atoms with E-state index < -0.39 is 5.97 Å². The number of rotatable bonds is 7. The van der Waals surface area contributed by atoms with Gasteiger partial charge in [-0.15, -0.1) is 0 Å². The van der Waals surface area contributed by atoms with Crippen LogP contribution in [0.4, 0.5) is 0 Å². The van der Waals surface area contributed by atoms with Gasteiger partial charge in [0.25, 0.3) is 0 Å². The third-order valence-corrected chi connectivity index (χ3v) is 5.77. The largest absolute Gasteiger partial charge is 0.493 e. The van der Waals surface area contributed by atoms with Crippen LogP contribution in [0.5, 0.6) is 5.75 Å². The van der Waals surface area contributed by atoms with Crippen LogP contribution in [0.3, 0.4) is 0 Å². The number of ether oxygens (including phenoxy) is 1. The van der Waals surface area contributed by atoms with Gasteiger partial charge in [-0.1, -0.05) is 34.7 Å². The van der Waals surface area contributed by atoms with E-state index in [1.165, 1.54) is 5.56 Å². The minimum Gasteiger partial charge on any atom is -0.493 e. The Balaban J connectivity index is 1.76. The van der Waals surface area contributed by atoms with Crippen molar-refractivity contribution < 1.29 is 14.6 Å². The summed E-state index contributed by atoms with van der Waals surface area (Å²) in [6.07, 6.45) is 5.87. The molecule has 29 heavy (non-hydrogen) atoms.